The summed E-state index contributed by atoms with van der Waals surface area (Å²) in [5.74, 6) is -0.0909. The van der Waals surface area contributed by atoms with Gasteiger partial charge in [-0.1, -0.05) is 60.7 Å². The Morgan fingerprint density at radius 2 is 1.00 bits per heavy atom. The van der Waals surface area contributed by atoms with Crippen molar-refractivity contribution in [2.45, 2.75) is 13.8 Å². The molecule has 4 nitrogen and oxygen atoms in total. The van der Waals surface area contributed by atoms with Crippen LogP contribution in [-0.4, -0.2) is 11.9 Å². The summed E-state index contributed by atoms with van der Waals surface area (Å²) < 4.78 is 10.5. The molecule has 0 N–H and O–H groups in total. The summed E-state index contributed by atoms with van der Waals surface area (Å²) in [5.41, 5.74) is 1.50. The van der Waals surface area contributed by atoms with E-state index in [1.807, 2.05) is 60.7 Å². The summed E-state index contributed by atoms with van der Waals surface area (Å²) in [5, 5.41) is 0. The summed E-state index contributed by atoms with van der Waals surface area (Å²) in [6.45, 7) is 2.68. The van der Waals surface area contributed by atoms with Crippen molar-refractivity contribution in [3.05, 3.63) is 83.9 Å². The topological polar surface area (TPSA) is 52.6 Å². The smallest absolute Gasteiger partial charge is 0.308 e. The van der Waals surface area contributed by atoms with Gasteiger partial charge in [0, 0.05) is 25.0 Å². The molecule has 0 aliphatic carbocycles. The van der Waals surface area contributed by atoms with Crippen LogP contribution in [-0.2, 0) is 19.1 Å². The Morgan fingerprint density at radius 1 is 0.667 bits per heavy atom. The first-order valence-electron chi connectivity index (χ1n) is 7.46. The second-order valence-electron chi connectivity index (χ2n) is 4.98. The molecule has 0 fully saturated rings. The highest BCUT2D eigenvalue weighted by Gasteiger charge is 2.08. The van der Waals surface area contributed by atoms with Crippen LogP contribution < -0.4 is 0 Å². The largest absolute Gasteiger partial charge is 0.426 e. The third-order valence-electron chi connectivity index (χ3n) is 3.01. The molecule has 0 radical (unpaired) electrons. The monoisotopic (exact) mass is 322 g/mol. The van der Waals surface area contributed by atoms with E-state index >= 15 is 0 Å². The van der Waals surface area contributed by atoms with Gasteiger partial charge >= 0.3 is 11.9 Å². The van der Waals surface area contributed by atoms with Gasteiger partial charge in [-0.3, -0.25) is 9.59 Å². The average Bonchev–Trinajstić information content (AvgIpc) is 2.58. The number of esters is 2. The number of ether oxygens (including phenoxy) is 2. The Hall–Kier alpha value is -3.14. The molecule has 0 amide bonds. The molecule has 2 aromatic rings. The van der Waals surface area contributed by atoms with Crippen LogP contribution in [0.5, 0.6) is 0 Å². The standard InChI is InChI=1S/C20H18O4/c1-15(21)23-19(17-9-5-3-6-10-17)13-14-20(24-16(2)22)18-11-7-4-8-12-18/h3-14H,1-2H3/b19-13-,20-14-. The van der Waals surface area contributed by atoms with Crippen LogP contribution in [0.25, 0.3) is 11.5 Å². The molecule has 122 valence electrons. The van der Waals surface area contributed by atoms with Crippen molar-refractivity contribution in [2.75, 3.05) is 0 Å². The molecule has 0 saturated heterocycles. The highest BCUT2D eigenvalue weighted by molar-refractivity contribution is 5.80. The minimum Gasteiger partial charge on any atom is -0.426 e. The Balaban J connectivity index is 2.42. The van der Waals surface area contributed by atoms with E-state index in [9.17, 15) is 9.59 Å². The van der Waals surface area contributed by atoms with Gasteiger partial charge in [0.2, 0.25) is 0 Å². The predicted octanol–water partition coefficient (Wildman–Crippen LogP) is 4.19. The second-order valence-corrected chi connectivity index (χ2v) is 4.98. The third-order valence-corrected chi connectivity index (χ3v) is 3.01. The molecule has 0 bridgehead atoms. The van der Waals surface area contributed by atoms with Crippen molar-refractivity contribution >= 4 is 23.5 Å². The summed E-state index contributed by atoms with van der Waals surface area (Å²) in [6, 6.07) is 18.5. The first kappa shape index (κ1) is 17.2. The van der Waals surface area contributed by atoms with Crippen molar-refractivity contribution in [1.82, 2.24) is 0 Å². The van der Waals surface area contributed by atoms with Crippen molar-refractivity contribution < 1.29 is 19.1 Å². The highest BCUT2D eigenvalue weighted by Crippen LogP contribution is 2.20. The summed E-state index contributed by atoms with van der Waals surface area (Å²) in [7, 11) is 0. The van der Waals surface area contributed by atoms with Gasteiger partial charge in [-0.25, -0.2) is 0 Å². The van der Waals surface area contributed by atoms with Crippen molar-refractivity contribution in [3.63, 3.8) is 0 Å². The Morgan fingerprint density at radius 3 is 1.29 bits per heavy atom. The molecule has 0 saturated carbocycles. The lowest BCUT2D eigenvalue weighted by Crippen LogP contribution is -2.00. The zero-order valence-corrected chi connectivity index (χ0v) is 13.6. The van der Waals surface area contributed by atoms with E-state index in [0.717, 1.165) is 11.1 Å². The lowest BCUT2D eigenvalue weighted by molar-refractivity contribution is -0.135. The first-order chi connectivity index (χ1) is 11.6. The molecule has 0 unspecified atom stereocenters. The van der Waals surface area contributed by atoms with Crippen LogP contribution in [0.2, 0.25) is 0 Å². The van der Waals surface area contributed by atoms with Gasteiger partial charge < -0.3 is 9.47 Å². The third kappa shape index (κ3) is 5.25. The number of rotatable bonds is 5. The van der Waals surface area contributed by atoms with Crippen molar-refractivity contribution in [1.29, 1.82) is 0 Å². The number of allylic oxidation sites excluding steroid dienone is 2. The van der Waals surface area contributed by atoms with Gasteiger partial charge in [-0.2, -0.15) is 0 Å². The number of hydrogen-bond donors (Lipinski definition) is 0. The molecule has 0 heterocycles. The van der Waals surface area contributed by atoms with Gasteiger partial charge in [0.25, 0.3) is 0 Å². The Kier molecular flexibility index (Phi) is 6.08. The molecule has 2 rings (SSSR count). The van der Waals surface area contributed by atoms with Gasteiger partial charge in [-0.05, 0) is 12.2 Å². The Bertz CT molecular complexity index is 691. The van der Waals surface area contributed by atoms with Crippen LogP contribution in [0, 0.1) is 0 Å². The summed E-state index contributed by atoms with van der Waals surface area (Å²) >= 11 is 0. The molecular formula is C20H18O4. The van der Waals surface area contributed by atoms with E-state index in [4.69, 9.17) is 9.47 Å². The van der Waals surface area contributed by atoms with Crippen LogP contribution in [0.4, 0.5) is 0 Å². The van der Waals surface area contributed by atoms with Crippen molar-refractivity contribution in [3.8, 4) is 0 Å². The van der Waals surface area contributed by atoms with Crippen LogP contribution in [0.1, 0.15) is 25.0 Å². The minimum atomic E-state index is -0.424. The van der Waals surface area contributed by atoms with E-state index in [1.54, 1.807) is 12.2 Å². The molecule has 0 aromatic heterocycles. The summed E-state index contributed by atoms with van der Waals surface area (Å²) in [4.78, 5) is 22.7. The molecule has 0 aliphatic heterocycles. The lowest BCUT2D eigenvalue weighted by atomic mass is 10.1. The number of carbonyl (C=O) groups is 2. The van der Waals surface area contributed by atoms with E-state index in [2.05, 4.69) is 0 Å². The maximum absolute atomic E-state index is 11.4. The fourth-order valence-electron chi connectivity index (χ4n) is 2.04. The van der Waals surface area contributed by atoms with E-state index in [1.165, 1.54) is 13.8 Å². The van der Waals surface area contributed by atoms with Gasteiger partial charge in [0.05, 0.1) is 0 Å². The normalized spacial score (nSPS) is 11.8. The van der Waals surface area contributed by atoms with Crippen LogP contribution >= 0.6 is 0 Å². The van der Waals surface area contributed by atoms with Crippen molar-refractivity contribution in [2.24, 2.45) is 0 Å². The van der Waals surface area contributed by atoms with E-state index in [0.29, 0.717) is 11.5 Å². The SMILES string of the molecule is CC(=O)O/C(=C\C=C(/OC(C)=O)c1ccccc1)c1ccccc1. The van der Waals surface area contributed by atoms with Gasteiger partial charge in [0.15, 0.2) is 0 Å². The number of carbonyl (C=O) groups excluding carboxylic acids is 2. The molecule has 0 aliphatic rings. The van der Waals surface area contributed by atoms with Crippen LogP contribution in [0.15, 0.2) is 72.8 Å². The zero-order valence-electron chi connectivity index (χ0n) is 13.6. The maximum Gasteiger partial charge on any atom is 0.308 e. The van der Waals surface area contributed by atoms with Gasteiger partial charge in [-0.15, -0.1) is 0 Å². The number of hydrogen-bond acceptors (Lipinski definition) is 4. The zero-order chi connectivity index (χ0) is 17.4. The second kappa shape index (κ2) is 8.48. The van der Waals surface area contributed by atoms with E-state index in [-0.39, 0.29) is 0 Å². The van der Waals surface area contributed by atoms with E-state index < -0.39 is 11.9 Å². The number of benzene rings is 2. The fraction of sp³-hybridized carbons (Fsp3) is 0.100. The molecular weight excluding hydrogens is 304 g/mol. The molecule has 24 heavy (non-hydrogen) atoms. The summed E-state index contributed by atoms with van der Waals surface area (Å²) in [6.07, 6.45) is 3.23. The average molecular weight is 322 g/mol. The maximum atomic E-state index is 11.4. The predicted molar refractivity (Wildman–Crippen MR) is 92.4 cm³/mol. The van der Waals surface area contributed by atoms with Gasteiger partial charge in [0.1, 0.15) is 11.5 Å². The lowest BCUT2D eigenvalue weighted by Gasteiger charge is -2.08. The highest BCUT2D eigenvalue weighted by atomic mass is 16.5. The molecule has 0 spiro atoms. The molecule has 4 heteroatoms. The molecule has 2 aromatic carbocycles. The first-order valence-corrected chi connectivity index (χ1v) is 7.46. The molecule has 0 atom stereocenters. The quantitative estimate of drug-likeness (QED) is 0.470. The fourth-order valence-corrected chi connectivity index (χ4v) is 2.04. The minimum absolute atomic E-state index is 0.378. The van der Waals surface area contributed by atoms with Crippen LogP contribution in [0.3, 0.4) is 0 Å². The Labute approximate surface area is 141 Å².